The predicted molar refractivity (Wildman–Crippen MR) is 64.3 cm³/mol. The van der Waals surface area contributed by atoms with Crippen molar-refractivity contribution in [1.29, 1.82) is 0 Å². The Kier molecular flexibility index (Phi) is 3.10. The average Bonchev–Trinajstić information content (AvgIpc) is 2.77. The van der Waals surface area contributed by atoms with E-state index in [0.29, 0.717) is 5.69 Å². The van der Waals surface area contributed by atoms with Crippen molar-refractivity contribution in [1.82, 2.24) is 9.78 Å². The number of benzene rings is 1. The highest BCUT2D eigenvalue weighted by molar-refractivity contribution is 5.43. The third kappa shape index (κ3) is 2.37. The summed E-state index contributed by atoms with van der Waals surface area (Å²) in [7, 11) is 0. The van der Waals surface area contributed by atoms with Gasteiger partial charge in [-0.3, -0.25) is 10.1 Å². The maximum atomic E-state index is 13.3. The summed E-state index contributed by atoms with van der Waals surface area (Å²) in [5, 5.41) is 14.9. The van der Waals surface area contributed by atoms with Gasteiger partial charge in [-0.05, 0) is 12.0 Å². The predicted octanol–water partition coefficient (Wildman–Crippen LogP) is 3.04. The molecule has 0 amide bonds. The fourth-order valence-corrected chi connectivity index (χ4v) is 1.59. The zero-order valence-electron chi connectivity index (χ0n) is 10.0. The first-order chi connectivity index (χ1) is 8.47. The monoisotopic (exact) mass is 249 g/mol. The van der Waals surface area contributed by atoms with Crippen LogP contribution in [0.25, 0.3) is 5.69 Å². The lowest BCUT2D eigenvalue weighted by Gasteiger charge is -2.03. The molecule has 0 unspecified atom stereocenters. The average molecular weight is 249 g/mol. The first-order valence-corrected chi connectivity index (χ1v) is 5.48. The third-order valence-corrected chi connectivity index (χ3v) is 2.54. The van der Waals surface area contributed by atoms with Crippen LogP contribution < -0.4 is 0 Å². The van der Waals surface area contributed by atoms with E-state index in [1.807, 2.05) is 13.8 Å². The minimum atomic E-state index is -0.652. The topological polar surface area (TPSA) is 61.0 Å². The standard InChI is InChI=1S/C12H12FN3O2/c1-8(2)12-3-4-15(14-12)10-5-9(13)6-11(7-10)16(17)18/h3-8H,1-2H3. The molecule has 94 valence electrons. The lowest BCUT2D eigenvalue weighted by Crippen LogP contribution is -1.99. The zero-order valence-corrected chi connectivity index (χ0v) is 10.0. The Morgan fingerprint density at radius 3 is 2.67 bits per heavy atom. The molecule has 0 fully saturated rings. The summed E-state index contributed by atoms with van der Waals surface area (Å²) in [4.78, 5) is 10.0. The molecule has 0 spiro atoms. The number of rotatable bonds is 3. The normalized spacial score (nSPS) is 10.9. The molecule has 1 aromatic heterocycles. The van der Waals surface area contributed by atoms with Gasteiger partial charge in [0.1, 0.15) is 5.82 Å². The largest absolute Gasteiger partial charge is 0.274 e. The molecule has 18 heavy (non-hydrogen) atoms. The van der Waals surface area contributed by atoms with Crippen molar-refractivity contribution >= 4 is 5.69 Å². The molecule has 2 rings (SSSR count). The highest BCUT2D eigenvalue weighted by atomic mass is 19.1. The fourth-order valence-electron chi connectivity index (χ4n) is 1.59. The van der Waals surface area contributed by atoms with E-state index < -0.39 is 10.7 Å². The van der Waals surface area contributed by atoms with Crippen molar-refractivity contribution < 1.29 is 9.31 Å². The number of aromatic nitrogens is 2. The van der Waals surface area contributed by atoms with E-state index in [1.165, 1.54) is 16.8 Å². The maximum Gasteiger partial charge on any atom is 0.274 e. The molecule has 0 atom stereocenters. The Bertz CT molecular complexity index is 593. The summed E-state index contributed by atoms with van der Waals surface area (Å²) >= 11 is 0. The number of hydrogen-bond donors (Lipinski definition) is 0. The molecule has 0 aliphatic carbocycles. The van der Waals surface area contributed by atoms with Gasteiger partial charge in [0.2, 0.25) is 0 Å². The minimum absolute atomic E-state index is 0.245. The van der Waals surface area contributed by atoms with Crippen molar-refractivity contribution in [3.05, 3.63) is 52.1 Å². The van der Waals surface area contributed by atoms with Crippen LogP contribution in [0.3, 0.4) is 0 Å². The zero-order chi connectivity index (χ0) is 13.3. The molecule has 0 N–H and O–H groups in total. The maximum absolute atomic E-state index is 13.3. The first kappa shape index (κ1) is 12.2. The molecule has 6 heteroatoms. The van der Waals surface area contributed by atoms with Crippen LogP contribution in [0.2, 0.25) is 0 Å². The van der Waals surface area contributed by atoms with Crippen LogP contribution >= 0.6 is 0 Å². The lowest BCUT2D eigenvalue weighted by molar-refractivity contribution is -0.385. The summed E-state index contributed by atoms with van der Waals surface area (Å²) in [6, 6.07) is 5.20. The van der Waals surface area contributed by atoms with E-state index in [9.17, 15) is 14.5 Å². The molecule has 1 heterocycles. The van der Waals surface area contributed by atoms with Crippen molar-refractivity contribution in [2.45, 2.75) is 19.8 Å². The Morgan fingerprint density at radius 1 is 1.39 bits per heavy atom. The molecule has 0 saturated carbocycles. The second-order valence-corrected chi connectivity index (χ2v) is 4.26. The summed E-state index contributed by atoms with van der Waals surface area (Å²) in [6.45, 7) is 3.97. The number of nitro benzene ring substituents is 1. The van der Waals surface area contributed by atoms with Crippen molar-refractivity contribution in [2.75, 3.05) is 0 Å². The molecule has 0 saturated heterocycles. The Hall–Kier alpha value is -2.24. The van der Waals surface area contributed by atoms with Crippen LogP contribution in [0, 0.1) is 15.9 Å². The molecular weight excluding hydrogens is 237 g/mol. The van der Waals surface area contributed by atoms with Crippen LogP contribution in [0.4, 0.5) is 10.1 Å². The highest BCUT2D eigenvalue weighted by Crippen LogP contribution is 2.20. The van der Waals surface area contributed by atoms with Crippen LogP contribution in [0.5, 0.6) is 0 Å². The second-order valence-electron chi connectivity index (χ2n) is 4.26. The second kappa shape index (κ2) is 4.56. The van der Waals surface area contributed by atoms with Crippen molar-refractivity contribution in [2.24, 2.45) is 0 Å². The number of nitrogens with zero attached hydrogens (tertiary/aromatic N) is 3. The Morgan fingerprint density at radius 2 is 2.11 bits per heavy atom. The molecule has 2 aromatic rings. The van der Waals surface area contributed by atoms with E-state index in [-0.39, 0.29) is 11.6 Å². The van der Waals surface area contributed by atoms with Gasteiger partial charge >= 0.3 is 0 Å². The Balaban J connectivity index is 2.46. The van der Waals surface area contributed by atoms with Gasteiger partial charge in [-0.15, -0.1) is 0 Å². The number of halogens is 1. The van der Waals surface area contributed by atoms with Gasteiger partial charge in [-0.1, -0.05) is 13.8 Å². The smallest absolute Gasteiger partial charge is 0.258 e. The van der Waals surface area contributed by atoms with Gasteiger partial charge in [0.25, 0.3) is 5.69 Å². The van der Waals surface area contributed by atoms with Crippen molar-refractivity contribution in [3.63, 3.8) is 0 Å². The van der Waals surface area contributed by atoms with Gasteiger partial charge in [-0.25, -0.2) is 9.07 Å². The van der Waals surface area contributed by atoms with E-state index >= 15 is 0 Å². The highest BCUT2D eigenvalue weighted by Gasteiger charge is 2.12. The quantitative estimate of drug-likeness (QED) is 0.620. The summed E-state index contributed by atoms with van der Waals surface area (Å²) in [6.07, 6.45) is 1.66. The van der Waals surface area contributed by atoms with Gasteiger partial charge in [-0.2, -0.15) is 5.10 Å². The van der Waals surface area contributed by atoms with Crippen LogP contribution in [0.15, 0.2) is 30.5 Å². The van der Waals surface area contributed by atoms with Gasteiger partial charge in [0.15, 0.2) is 0 Å². The lowest BCUT2D eigenvalue weighted by atomic mass is 10.1. The van der Waals surface area contributed by atoms with Crippen LogP contribution in [0.1, 0.15) is 25.5 Å². The van der Waals surface area contributed by atoms with E-state index in [0.717, 1.165) is 11.8 Å². The van der Waals surface area contributed by atoms with Gasteiger partial charge in [0, 0.05) is 18.3 Å². The van der Waals surface area contributed by atoms with E-state index in [4.69, 9.17) is 0 Å². The van der Waals surface area contributed by atoms with Gasteiger partial charge < -0.3 is 0 Å². The van der Waals surface area contributed by atoms with Crippen LogP contribution in [-0.4, -0.2) is 14.7 Å². The molecule has 1 aromatic carbocycles. The van der Waals surface area contributed by atoms with Gasteiger partial charge in [0.05, 0.1) is 22.4 Å². The number of nitro groups is 1. The SMILES string of the molecule is CC(C)c1ccn(-c2cc(F)cc([N+](=O)[O-])c2)n1. The number of hydrogen-bond acceptors (Lipinski definition) is 3. The summed E-state index contributed by atoms with van der Waals surface area (Å²) in [5.41, 5.74) is 0.905. The molecule has 0 radical (unpaired) electrons. The third-order valence-electron chi connectivity index (χ3n) is 2.54. The summed E-state index contributed by atoms with van der Waals surface area (Å²) in [5.74, 6) is -0.407. The van der Waals surface area contributed by atoms with E-state index in [1.54, 1.807) is 12.3 Å². The van der Waals surface area contributed by atoms with E-state index in [2.05, 4.69) is 5.10 Å². The van der Waals surface area contributed by atoms with Crippen molar-refractivity contribution in [3.8, 4) is 5.69 Å². The molecular formula is C12H12FN3O2. The molecule has 0 bridgehead atoms. The number of non-ortho nitro benzene ring substituents is 1. The summed E-state index contributed by atoms with van der Waals surface area (Å²) < 4.78 is 14.7. The molecule has 5 nitrogen and oxygen atoms in total. The molecule has 0 aliphatic heterocycles. The first-order valence-electron chi connectivity index (χ1n) is 5.48. The Labute approximate surface area is 103 Å². The fraction of sp³-hybridized carbons (Fsp3) is 0.250. The minimum Gasteiger partial charge on any atom is -0.258 e. The van der Waals surface area contributed by atoms with Crippen LogP contribution in [-0.2, 0) is 0 Å². The molecule has 0 aliphatic rings.